The molecule has 0 saturated heterocycles. The lowest BCUT2D eigenvalue weighted by atomic mass is 10.2. The van der Waals surface area contributed by atoms with E-state index < -0.39 is 23.7 Å². The van der Waals surface area contributed by atoms with Crippen molar-refractivity contribution in [2.24, 2.45) is 0 Å². The Morgan fingerprint density at radius 1 is 1.30 bits per heavy atom. The summed E-state index contributed by atoms with van der Waals surface area (Å²) in [5.74, 6) is -2.27. The van der Waals surface area contributed by atoms with Crippen LogP contribution in [0.4, 0.5) is 10.5 Å². The number of aromatic carboxylic acids is 1. The topological polar surface area (TPSA) is 125 Å². The van der Waals surface area contributed by atoms with Crippen LogP contribution in [0.1, 0.15) is 17.3 Å². The van der Waals surface area contributed by atoms with Gasteiger partial charge in [0, 0.05) is 5.69 Å². The second-order valence-corrected chi connectivity index (χ2v) is 3.66. The number of benzene rings is 1. The highest BCUT2D eigenvalue weighted by atomic mass is 16.5. The van der Waals surface area contributed by atoms with Crippen molar-refractivity contribution in [3.05, 3.63) is 23.8 Å². The molecule has 1 rings (SSSR count). The molecule has 0 radical (unpaired) electrons. The molecular formula is C12H14N2O6. The smallest absolute Gasteiger partial charge is 0.407 e. The molecule has 0 aliphatic rings. The highest BCUT2D eigenvalue weighted by molar-refractivity contribution is 5.97. The molecule has 4 N–H and O–H groups in total. The highest BCUT2D eigenvalue weighted by Gasteiger charge is 2.12. The van der Waals surface area contributed by atoms with E-state index in [-0.39, 0.29) is 24.4 Å². The fourth-order valence-electron chi connectivity index (χ4n) is 1.32. The Kier molecular flexibility index (Phi) is 5.33. The number of amides is 2. The second kappa shape index (κ2) is 6.98. The third-order valence-electron chi connectivity index (χ3n) is 2.18. The number of aromatic hydroxyl groups is 1. The van der Waals surface area contributed by atoms with Gasteiger partial charge < -0.3 is 25.6 Å². The minimum Gasteiger partial charge on any atom is -0.507 e. The molecule has 0 saturated carbocycles. The lowest BCUT2D eigenvalue weighted by molar-refractivity contribution is -0.115. The van der Waals surface area contributed by atoms with Crippen LogP contribution in [0.5, 0.6) is 5.75 Å². The van der Waals surface area contributed by atoms with Crippen molar-refractivity contribution in [2.45, 2.75) is 6.92 Å². The molecule has 1 aromatic rings. The average molecular weight is 282 g/mol. The number of carbonyl (C=O) groups is 3. The number of hydrogen-bond acceptors (Lipinski definition) is 5. The molecule has 0 aliphatic heterocycles. The first-order valence-electron chi connectivity index (χ1n) is 5.70. The summed E-state index contributed by atoms with van der Waals surface area (Å²) in [6, 6.07) is 3.60. The maximum absolute atomic E-state index is 11.5. The van der Waals surface area contributed by atoms with Gasteiger partial charge in [0.15, 0.2) is 0 Å². The minimum atomic E-state index is -1.32. The first-order chi connectivity index (χ1) is 9.43. The van der Waals surface area contributed by atoms with E-state index in [0.717, 1.165) is 12.1 Å². The van der Waals surface area contributed by atoms with Gasteiger partial charge in [-0.3, -0.25) is 4.79 Å². The number of ether oxygens (including phenoxy) is 1. The van der Waals surface area contributed by atoms with Crippen LogP contribution in [0.15, 0.2) is 18.2 Å². The van der Waals surface area contributed by atoms with Crippen molar-refractivity contribution in [3.8, 4) is 5.75 Å². The number of hydrogen-bond donors (Lipinski definition) is 4. The van der Waals surface area contributed by atoms with Crippen molar-refractivity contribution >= 4 is 23.7 Å². The third kappa shape index (κ3) is 4.48. The summed E-state index contributed by atoms with van der Waals surface area (Å²) in [5, 5.41) is 22.7. The minimum absolute atomic E-state index is 0.188. The molecule has 108 valence electrons. The summed E-state index contributed by atoms with van der Waals surface area (Å²) in [5.41, 5.74) is -0.142. The predicted molar refractivity (Wildman–Crippen MR) is 68.7 cm³/mol. The van der Waals surface area contributed by atoms with Gasteiger partial charge in [-0.1, -0.05) is 0 Å². The summed E-state index contributed by atoms with van der Waals surface area (Å²) < 4.78 is 4.57. The van der Waals surface area contributed by atoms with Crippen LogP contribution >= 0.6 is 0 Å². The van der Waals surface area contributed by atoms with Gasteiger partial charge >= 0.3 is 12.1 Å². The lowest BCUT2D eigenvalue weighted by Gasteiger charge is -2.08. The number of rotatable bonds is 5. The number of anilines is 1. The molecule has 0 atom stereocenters. The van der Waals surface area contributed by atoms with Gasteiger partial charge in [-0.05, 0) is 25.1 Å². The number of carbonyl (C=O) groups excluding carboxylic acids is 2. The number of carboxylic acid groups (broad SMARTS) is 1. The van der Waals surface area contributed by atoms with E-state index in [1.165, 1.54) is 6.07 Å². The molecule has 0 aromatic heterocycles. The molecule has 0 fully saturated rings. The Morgan fingerprint density at radius 2 is 2.00 bits per heavy atom. The molecule has 2 amide bonds. The van der Waals surface area contributed by atoms with E-state index in [9.17, 15) is 19.5 Å². The molecule has 0 spiro atoms. The third-order valence-corrected chi connectivity index (χ3v) is 2.18. The van der Waals surface area contributed by atoms with E-state index in [2.05, 4.69) is 15.4 Å². The average Bonchev–Trinajstić information content (AvgIpc) is 2.39. The van der Waals surface area contributed by atoms with Crippen LogP contribution in [0, 0.1) is 0 Å². The van der Waals surface area contributed by atoms with Gasteiger partial charge in [-0.2, -0.15) is 0 Å². The fourth-order valence-corrected chi connectivity index (χ4v) is 1.32. The van der Waals surface area contributed by atoms with Gasteiger partial charge in [0.1, 0.15) is 17.9 Å². The number of nitrogens with one attached hydrogen (secondary N) is 2. The monoisotopic (exact) mass is 282 g/mol. The SMILES string of the molecule is CCOC(=O)NCC(=O)Nc1ccc(O)c(C(=O)O)c1. The van der Waals surface area contributed by atoms with Crippen LogP contribution < -0.4 is 10.6 Å². The Labute approximate surface area is 114 Å². The van der Waals surface area contributed by atoms with E-state index in [4.69, 9.17) is 5.11 Å². The molecule has 8 heteroatoms. The molecule has 0 bridgehead atoms. The summed E-state index contributed by atoms with van der Waals surface area (Å²) >= 11 is 0. The zero-order valence-electron chi connectivity index (χ0n) is 10.7. The molecule has 8 nitrogen and oxygen atoms in total. The van der Waals surface area contributed by atoms with Crippen molar-refractivity contribution in [1.82, 2.24) is 5.32 Å². The zero-order chi connectivity index (χ0) is 15.1. The quantitative estimate of drug-likeness (QED) is 0.591. The first-order valence-corrected chi connectivity index (χ1v) is 5.70. The Balaban J connectivity index is 2.60. The standard InChI is InChI=1S/C12H14N2O6/c1-2-20-12(19)13-6-10(16)14-7-3-4-9(15)8(5-7)11(17)18/h3-5,15H,2,6H2,1H3,(H,13,19)(H,14,16)(H,17,18). The van der Waals surface area contributed by atoms with Gasteiger partial charge in [-0.15, -0.1) is 0 Å². The van der Waals surface area contributed by atoms with E-state index in [0.29, 0.717) is 0 Å². The summed E-state index contributed by atoms with van der Waals surface area (Å²) in [6.07, 6.45) is -0.723. The maximum Gasteiger partial charge on any atom is 0.407 e. The van der Waals surface area contributed by atoms with Crippen LogP contribution in [-0.4, -0.2) is 41.3 Å². The predicted octanol–water partition coefficient (Wildman–Crippen LogP) is 0.775. The summed E-state index contributed by atoms with van der Waals surface area (Å²) in [7, 11) is 0. The number of carboxylic acids is 1. The van der Waals surface area contributed by atoms with Crippen molar-refractivity contribution in [2.75, 3.05) is 18.5 Å². The molecule has 0 unspecified atom stereocenters. The van der Waals surface area contributed by atoms with Crippen LogP contribution in [-0.2, 0) is 9.53 Å². The Hall–Kier alpha value is -2.77. The van der Waals surface area contributed by atoms with E-state index in [1.807, 2.05) is 0 Å². The van der Waals surface area contributed by atoms with Crippen LogP contribution in [0.25, 0.3) is 0 Å². The van der Waals surface area contributed by atoms with Gasteiger partial charge in [0.05, 0.1) is 6.61 Å². The molecular weight excluding hydrogens is 268 g/mol. The van der Waals surface area contributed by atoms with E-state index in [1.54, 1.807) is 6.92 Å². The van der Waals surface area contributed by atoms with Crippen molar-refractivity contribution < 1.29 is 29.3 Å². The molecule has 1 aromatic carbocycles. The van der Waals surface area contributed by atoms with Crippen LogP contribution in [0.3, 0.4) is 0 Å². The fraction of sp³-hybridized carbons (Fsp3) is 0.250. The Bertz CT molecular complexity index is 529. The van der Waals surface area contributed by atoms with Gasteiger partial charge in [0.2, 0.25) is 5.91 Å². The molecule has 0 aliphatic carbocycles. The van der Waals surface area contributed by atoms with Crippen molar-refractivity contribution in [3.63, 3.8) is 0 Å². The van der Waals surface area contributed by atoms with Crippen LogP contribution in [0.2, 0.25) is 0 Å². The molecule has 0 heterocycles. The second-order valence-electron chi connectivity index (χ2n) is 3.66. The first kappa shape index (κ1) is 15.3. The van der Waals surface area contributed by atoms with E-state index >= 15 is 0 Å². The van der Waals surface area contributed by atoms with Crippen molar-refractivity contribution in [1.29, 1.82) is 0 Å². The molecule has 20 heavy (non-hydrogen) atoms. The Morgan fingerprint density at radius 3 is 2.60 bits per heavy atom. The maximum atomic E-state index is 11.5. The summed E-state index contributed by atoms with van der Waals surface area (Å²) in [4.78, 5) is 33.3. The van der Waals surface area contributed by atoms with Gasteiger partial charge in [-0.25, -0.2) is 9.59 Å². The lowest BCUT2D eigenvalue weighted by Crippen LogP contribution is -2.33. The normalized spacial score (nSPS) is 9.65. The number of alkyl carbamates (subject to hydrolysis) is 1. The largest absolute Gasteiger partial charge is 0.507 e. The number of phenols is 1. The van der Waals surface area contributed by atoms with Gasteiger partial charge in [0.25, 0.3) is 0 Å². The zero-order valence-corrected chi connectivity index (χ0v) is 10.7. The highest BCUT2D eigenvalue weighted by Crippen LogP contribution is 2.21. The summed E-state index contributed by atoms with van der Waals surface area (Å²) in [6.45, 7) is 1.50.